The van der Waals surface area contributed by atoms with Crippen molar-refractivity contribution in [1.82, 2.24) is 4.57 Å². The van der Waals surface area contributed by atoms with Gasteiger partial charge in [0.1, 0.15) is 5.75 Å². The van der Waals surface area contributed by atoms with Gasteiger partial charge in [-0.25, -0.2) is 4.39 Å². The number of hydrogen-bond donors (Lipinski definition) is 1. The van der Waals surface area contributed by atoms with Crippen LogP contribution in [0.1, 0.15) is 60.1 Å². The van der Waals surface area contributed by atoms with Crippen molar-refractivity contribution >= 4 is 22.8 Å². The van der Waals surface area contributed by atoms with E-state index in [0.29, 0.717) is 5.56 Å². The number of ether oxygens (including phenoxy) is 2. The Hall–Kier alpha value is -3.56. The zero-order valence-electron chi connectivity index (χ0n) is 18.3. The fourth-order valence-corrected chi connectivity index (χ4v) is 4.51. The van der Waals surface area contributed by atoms with Crippen LogP contribution >= 0.6 is 0 Å². The summed E-state index contributed by atoms with van der Waals surface area (Å²) in [5, 5.41) is 10.4. The third-order valence-electron chi connectivity index (χ3n) is 5.96. The first-order valence-electron chi connectivity index (χ1n) is 10.6. The molecular formula is C24H21F4NO5. The van der Waals surface area contributed by atoms with Gasteiger partial charge in [-0.1, -0.05) is 12.8 Å². The Bertz CT molecular complexity index is 1270. The lowest BCUT2D eigenvalue weighted by molar-refractivity contribution is -0.274. The summed E-state index contributed by atoms with van der Waals surface area (Å²) in [6.45, 7) is 2.57. The molecule has 1 aliphatic rings. The van der Waals surface area contributed by atoms with Crippen molar-refractivity contribution in [2.45, 2.75) is 51.8 Å². The maximum atomic E-state index is 15.4. The van der Waals surface area contributed by atoms with Gasteiger partial charge < -0.3 is 14.6 Å². The molecule has 1 fully saturated rings. The number of halogens is 4. The lowest BCUT2D eigenvalue weighted by Gasteiger charge is -2.14. The molecule has 1 aliphatic carbocycles. The zero-order chi connectivity index (χ0) is 24.8. The first-order valence-corrected chi connectivity index (χ1v) is 10.6. The van der Waals surface area contributed by atoms with Crippen LogP contribution in [0.4, 0.5) is 17.6 Å². The van der Waals surface area contributed by atoms with Crippen molar-refractivity contribution in [3.63, 3.8) is 0 Å². The van der Waals surface area contributed by atoms with Gasteiger partial charge in [-0.3, -0.25) is 14.2 Å². The maximum Gasteiger partial charge on any atom is 0.573 e. The second-order valence-electron chi connectivity index (χ2n) is 8.22. The minimum Gasteiger partial charge on any atom is -0.505 e. The molecule has 6 nitrogen and oxygen atoms in total. The van der Waals surface area contributed by atoms with Crippen molar-refractivity contribution in [2.75, 3.05) is 0 Å². The van der Waals surface area contributed by atoms with E-state index < -0.39 is 35.6 Å². The van der Waals surface area contributed by atoms with E-state index in [1.165, 1.54) is 13.0 Å². The summed E-state index contributed by atoms with van der Waals surface area (Å²) in [5.41, 5.74) is 0.552. The summed E-state index contributed by atoms with van der Waals surface area (Å²) in [4.78, 5) is 25.1. The number of esters is 1. The van der Waals surface area contributed by atoms with Crippen LogP contribution in [0.15, 0.2) is 30.3 Å². The highest BCUT2D eigenvalue weighted by Gasteiger charge is 2.32. The van der Waals surface area contributed by atoms with Crippen LogP contribution in [0, 0.1) is 12.7 Å². The van der Waals surface area contributed by atoms with Crippen molar-refractivity contribution in [1.29, 1.82) is 0 Å². The number of fused-ring (bicyclic) bond motifs is 1. The highest BCUT2D eigenvalue weighted by Crippen LogP contribution is 2.45. The molecule has 0 spiro atoms. The van der Waals surface area contributed by atoms with Crippen molar-refractivity contribution in [3.8, 4) is 17.2 Å². The smallest absolute Gasteiger partial charge is 0.505 e. The number of aromatic hydroxyl groups is 1. The van der Waals surface area contributed by atoms with Crippen molar-refractivity contribution < 1.29 is 41.7 Å². The lowest BCUT2D eigenvalue weighted by Crippen LogP contribution is -2.17. The molecule has 0 saturated heterocycles. The van der Waals surface area contributed by atoms with E-state index in [0.717, 1.165) is 61.4 Å². The molecule has 1 aromatic heterocycles. The van der Waals surface area contributed by atoms with Gasteiger partial charge >= 0.3 is 12.3 Å². The summed E-state index contributed by atoms with van der Waals surface area (Å²) in [5.74, 6) is -3.78. The van der Waals surface area contributed by atoms with Crippen molar-refractivity contribution in [2.24, 2.45) is 0 Å². The van der Waals surface area contributed by atoms with Gasteiger partial charge in [-0.05, 0) is 56.0 Å². The molecule has 0 bridgehead atoms. The predicted octanol–water partition coefficient (Wildman–Crippen LogP) is 5.96. The fraction of sp³-hybridized carbons (Fsp3) is 0.333. The number of phenols is 1. The van der Waals surface area contributed by atoms with Gasteiger partial charge in [0.05, 0.1) is 16.6 Å². The number of phenolic OH excluding ortho intramolecular Hbond substituents is 1. The molecule has 0 radical (unpaired) electrons. The molecule has 3 aromatic rings. The summed E-state index contributed by atoms with van der Waals surface area (Å²) in [6, 6.07) is 5.79. The highest BCUT2D eigenvalue weighted by molar-refractivity contribution is 6.06. The monoisotopic (exact) mass is 479 g/mol. The molecule has 10 heteroatoms. The average molecular weight is 479 g/mol. The van der Waals surface area contributed by atoms with Gasteiger partial charge in [0.2, 0.25) is 0 Å². The molecule has 0 aliphatic heterocycles. The van der Waals surface area contributed by atoms with E-state index >= 15 is 4.39 Å². The Morgan fingerprint density at radius 2 is 1.74 bits per heavy atom. The largest absolute Gasteiger partial charge is 0.573 e. The summed E-state index contributed by atoms with van der Waals surface area (Å²) in [7, 11) is 0. The Morgan fingerprint density at radius 1 is 1.12 bits per heavy atom. The SMILES string of the molecule is CC(=O)Oc1c(C)n(C(=O)c2ccc(OC(F)(F)F)cc2)c2cc(C3CCCC3)c(O)c(F)c12. The first-order chi connectivity index (χ1) is 16.0. The van der Waals surface area contributed by atoms with E-state index in [4.69, 9.17) is 4.74 Å². The molecule has 1 N–H and O–H groups in total. The van der Waals surface area contributed by atoms with Crippen molar-refractivity contribution in [3.05, 3.63) is 53.0 Å². The molecule has 180 valence electrons. The topological polar surface area (TPSA) is 77.8 Å². The van der Waals surface area contributed by atoms with Crippen LogP contribution in [0.5, 0.6) is 17.2 Å². The van der Waals surface area contributed by atoms with E-state index in [9.17, 15) is 27.9 Å². The average Bonchev–Trinajstić information content (AvgIpc) is 3.37. The molecule has 4 rings (SSSR count). The Labute approximate surface area is 191 Å². The number of carbonyl (C=O) groups excluding carboxylic acids is 2. The third-order valence-corrected chi connectivity index (χ3v) is 5.96. The zero-order valence-corrected chi connectivity index (χ0v) is 18.3. The quantitative estimate of drug-likeness (QED) is 0.369. The third kappa shape index (κ3) is 4.32. The van der Waals surface area contributed by atoms with E-state index in [1.807, 2.05) is 0 Å². The lowest BCUT2D eigenvalue weighted by atomic mass is 9.95. The Balaban J connectivity index is 1.88. The van der Waals surface area contributed by atoms with Crippen LogP contribution < -0.4 is 9.47 Å². The molecule has 0 atom stereocenters. The highest BCUT2D eigenvalue weighted by atomic mass is 19.4. The first kappa shape index (κ1) is 23.6. The number of aromatic nitrogens is 1. The van der Waals surface area contributed by atoms with Gasteiger partial charge in [0, 0.05) is 18.1 Å². The van der Waals surface area contributed by atoms with Crippen LogP contribution in [0.25, 0.3) is 10.9 Å². The Kier molecular flexibility index (Phi) is 6.01. The second kappa shape index (κ2) is 8.66. The van der Waals surface area contributed by atoms with Crippen LogP contribution in [-0.2, 0) is 4.79 Å². The molecule has 1 saturated carbocycles. The molecule has 1 heterocycles. The van der Waals surface area contributed by atoms with E-state index in [2.05, 4.69) is 4.74 Å². The predicted molar refractivity (Wildman–Crippen MR) is 114 cm³/mol. The van der Waals surface area contributed by atoms with Crippen LogP contribution in [-0.4, -0.2) is 27.9 Å². The van der Waals surface area contributed by atoms with Crippen LogP contribution in [0.2, 0.25) is 0 Å². The number of rotatable bonds is 4. The van der Waals surface area contributed by atoms with Gasteiger partial charge in [0.25, 0.3) is 5.91 Å². The molecule has 0 amide bonds. The normalized spacial score (nSPS) is 14.5. The fourth-order valence-electron chi connectivity index (χ4n) is 4.51. The number of alkyl halides is 3. The minimum absolute atomic E-state index is 0.000186. The standard InChI is InChI=1S/C24H21F4NO5/c1-12-22(33-13(2)30)19-18(11-17(21(31)20(19)25)14-5-3-4-6-14)29(12)23(32)15-7-9-16(10-8-15)34-24(26,27)28/h7-11,14,31H,3-6H2,1-2H3. The van der Waals surface area contributed by atoms with E-state index in [1.54, 1.807) is 0 Å². The summed E-state index contributed by atoms with van der Waals surface area (Å²) < 4.78 is 62.9. The summed E-state index contributed by atoms with van der Waals surface area (Å²) >= 11 is 0. The van der Waals surface area contributed by atoms with Crippen LogP contribution in [0.3, 0.4) is 0 Å². The molecular weight excluding hydrogens is 458 g/mol. The maximum absolute atomic E-state index is 15.4. The molecule has 34 heavy (non-hydrogen) atoms. The number of nitrogens with zero attached hydrogens (tertiary/aromatic N) is 1. The second-order valence-corrected chi connectivity index (χ2v) is 8.22. The van der Waals surface area contributed by atoms with Gasteiger partial charge in [-0.2, -0.15) is 0 Å². The summed E-state index contributed by atoms with van der Waals surface area (Å²) in [6.07, 6.45) is -1.53. The molecule has 0 unspecified atom stereocenters. The van der Waals surface area contributed by atoms with Gasteiger partial charge in [-0.15, -0.1) is 13.2 Å². The number of hydrogen-bond acceptors (Lipinski definition) is 5. The van der Waals surface area contributed by atoms with E-state index in [-0.39, 0.29) is 33.8 Å². The number of benzene rings is 2. The van der Waals surface area contributed by atoms with Gasteiger partial charge in [0.15, 0.2) is 17.3 Å². The molecule has 2 aromatic carbocycles. The number of carbonyl (C=O) groups is 2. The minimum atomic E-state index is -4.88. The Morgan fingerprint density at radius 3 is 2.29 bits per heavy atom.